The van der Waals surface area contributed by atoms with Crippen LogP contribution in [0.1, 0.15) is 11.6 Å². The molecule has 2 aromatic carbocycles. The van der Waals surface area contributed by atoms with Gasteiger partial charge >= 0.3 is 41.5 Å². The summed E-state index contributed by atoms with van der Waals surface area (Å²) in [6, 6.07) is 16.5. The Hall–Kier alpha value is -1.26. The monoisotopic (exact) mass is 476 g/mol. The van der Waals surface area contributed by atoms with Gasteiger partial charge in [-0.2, -0.15) is 0 Å². The number of nitrogens with zero attached hydrogens (tertiary/aromatic N) is 5. The van der Waals surface area contributed by atoms with Crippen molar-refractivity contribution in [3.8, 4) is 0 Å². The summed E-state index contributed by atoms with van der Waals surface area (Å²) >= 11 is -1.62. The van der Waals surface area contributed by atoms with E-state index < -0.39 is 11.4 Å². The minimum atomic E-state index is -1.62. The van der Waals surface area contributed by atoms with E-state index in [2.05, 4.69) is 71.6 Å². The van der Waals surface area contributed by atoms with E-state index in [0.717, 1.165) is 35.8 Å². The Morgan fingerprint density at radius 1 is 0.786 bits per heavy atom. The van der Waals surface area contributed by atoms with Crippen LogP contribution in [0.2, 0.25) is 0 Å². The van der Waals surface area contributed by atoms with Gasteiger partial charge in [-0.15, -0.1) is 0 Å². The van der Waals surface area contributed by atoms with Crippen LogP contribution in [0, 0.1) is 0 Å². The molecule has 148 valence electrons. The average molecular weight is 478 g/mol. The summed E-state index contributed by atoms with van der Waals surface area (Å²) in [7, 11) is 21.1. The minimum absolute atomic E-state index is 0.786. The van der Waals surface area contributed by atoms with E-state index in [-0.39, 0.29) is 0 Å². The maximum absolute atomic E-state index is 4.93. The molecule has 0 aliphatic rings. The van der Waals surface area contributed by atoms with Crippen LogP contribution >= 0.6 is 30.1 Å². The van der Waals surface area contributed by atoms with Crippen molar-refractivity contribution in [3.05, 3.63) is 60.2 Å². The van der Waals surface area contributed by atoms with E-state index in [0.29, 0.717) is 0 Å². The number of fused-ring (bicyclic) bond motifs is 2. The first-order chi connectivity index (χ1) is 13.4. The van der Waals surface area contributed by atoms with Crippen molar-refractivity contribution in [2.24, 2.45) is 14.1 Å². The fraction of sp³-hybridized carbons (Fsp3) is 0.263. The van der Waals surface area contributed by atoms with Crippen LogP contribution in [0.4, 0.5) is 0 Å². The first kappa shape index (κ1) is 21.5. The molecule has 28 heavy (non-hydrogen) atoms. The van der Waals surface area contributed by atoms with Crippen molar-refractivity contribution in [1.82, 2.24) is 24.0 Å². The molecule has 0 radical (unpaired) electrons. The normalized spacial score (nSPS) is 11.4. The van der Waals surface area contributed by atoms with Gasteiger partial charge in [0.05, 0.1) is 35.2 Å². The summed E-state index contributed by atoms with van der Waals surface area (Å²) < 4.78 is 4.33. The molecule has 0 unspecified atom stereocenters. The van der Waals surface area contributed by atoms with Crippen LogP contribution in [0.15, 0.2) is 48.5 Å². The molecule has 4 aromatic rings. The van der Waals surface area contributed by atoms with Crippen molar-refractivity contribution in [3.63, 3.8) is 0 Å². The van der Waals surface area contributed by atoms with E-state index in [1.807, 2.05) is 12.1 Å². The molecule has 0 saturated heterocycles. The van der Waals surface area contributed by atoms with Crippen LogP contribution in [0.5, 0.6) is 0 Å². The van der Waals surface area contributed by atoms with Gasteiger partial charge in [0.2, 0.25) is 0 Å². The zero-order chi connectivity index (χ0) is 20.3. The van der Waals surface area contributed by atoms with Crippen molar-refractivity contribution in [1.29, 1.82) is 0 Å². The number of imidazole rings is 2. The Morgan fingerprint density at radius 2 is 1.14 bits per heavy atom. The van der Waals surface area contributed by atoms with Gasteiger partial charge < -0.3 is 9.13 Å². The van der Waals surface area contributed by atoms with Gasteiger partial charge in [-0.3, -0.25) is 4.90 Å². The molecule has 0 bridgehead atoms. The SMILES string of the molecule is CN(Cc1nc2ccccc2n1C)Cc1nc2ccccc2n1C.[Cl][Cr+]([Cl])[Cl]. The Kier molecular flexibility index (Phi) is 7.27. The molecule has 0 saturated carbocycles. The summed E-state index contributed by atoms with van der Waals surface area (Å²) in [4.78, 5) is 11.8. The first-order valence-corrected chi connectivity index (χ1v) is 13.9. The van der Waals surface area contributed by atoms with Gasteiger partial charge in [-0.05, 0) is 31.3 Å². The molecule has 5 nitrogen and oxygen atoms in total. The summed E-state index contributed by atoms with van der Waals surface area (Å²) in [6.07, 6.45) is 0. The van der Waals surface area contributed by atoms with E-state index in [4.69, 9.17) is 40.1 Å². The molecule has 0 atom stereocenters. The van der Waals surface area contributed by atoms with Crippen LogP contribution < -0.4 is 0 Å². The van der Waals surface area contributed by atoms with E-state index in [1.165, 1.54) is 11.0 Å². The average Bonchev–Trinajstić information content (AvgIpc) is 3.13. The number of benzene rings is 2. The number of halogens is 3. The quantitative estimate of drug-likeness (QED) is 0.408. The Balaban J connectivity index is 0.000000516. The van der Waals surface area contributed by atoms with Crippen LogP contribution in [0.3, 0.4) is 0 Å². The van der Waals surface area contributed by atoms with Crippen molar-refractivity contribution < 1.29 is 11.4 Å². The molecule has 0 fully saturated rings. The Morgan fingerprint density at radius 3 is 1.50 bits per heavy atom. The van der Waals surface area contributed by atoms with Crippen LogP contribution in [-0.4, -0.2) is 31.0 Å². The summed E-state index contributed by atoms with van der Waals surface area (Å²) in [6.45, 7) is 1.57. The third-order valence-corrected chi connectivity index (χ3v) is 4.58. The molecule has 0 amide bonds. The number of aromatic nitrogens is 4. The fourth-order valence-electron chi connectivity index (χ4n) is 3.21. The molecular weight excluding hydrogens is 457 g/mol. The van der Waals surface area contributed by atoms with Gasteiger partial charge in [0.15, 0.2) is 0 Å². The van der Waals surface area contributed by atoms with E-state index in [1.54, 1.807) is 0 Å². The molecular formula is C19H21Cl3CrN5+. The second-order valence-electron chi connectivity index (χ2n) is 6.50. The summed E-state index contributed by atoms with van der Waals surface area (Å²) in [5.74, 6) is 2.13. The van der Waals surface area contributed by atoms with Gasteiger partial charge in [0, 0.05) is 14.1 Å². The van der Waals surface area contributed by atoms with Gasteiger partial charge in [-0.25, -0.2) is 9.97 Å². The standard InChI is InChI=1S/C19H21N5.3ClH.Cr/c1-22(12-18-20-14-8-4-6-10-16(14)23(18)2)13-19-21-15-9-5-7-11-17(15)24(19)3;;;;/h4-11H,12-13H2,1-3H3;3*1H;/q;;;;+4/p-3. The predicted molar refractivity (Wildman–Crippen MR) is 114 cm³/mol. The summed E-state index contributed by atoms with van der Waals surface area (Å²) in [5.41, 5.74) is 4.43. The molecule has 2 heterocycles. The molecule has 0 aliphatic heterocycles. The predicted octanol–water partition coefficient (Wildman–Crippen LogP) is 5.16. The third-order valence-electron chi connectivity index (χ3n) is 4.58. The van der Waals surface area contributed by atoms with Gasteiger partial charge in [0.25, 0.3) is 0 Å². The number of hydrogen-bond donors (Lipinski definition) is 0. The number of aryl methyl sites for hydroxylation is 2. The van der Waals surface area contributed by atoms with Crippen LogP contribution in [-0.2, 0) is 38.6 Å². The summed E-state index contributed by atoms with van der Waals surface area (Å²) in [5, 5.41) is 0. The first-order valence-electron chi connectivity index (χ1n) is 8.59. The third kappa shape index (κ3) is 5.01. The van der Waals surface area contributed by atoms with E-state index in [9.17, 15) is 0 Å². The zero-order valence-corrected chi connectivity index (χ0v) is 19.4. The number of rotatable bonds is 4. The second kappa shape index (κ2) is 9.49. The molecule has 0 aliphatic carbocycles. The van der Waals surface area contributed by atoms with Gasteiger partial charge in [-0.1, -0.05) is 24.3 Å². The van der Waals surface area contributed by atoms with Crippen molar-refractivity contribution >= 4 is 52.2 Å². The van der Waals surface area contributed by atoms with Crippen molar-refractivity contribution in [2.45, 2.75) is 13.1 Å². The van der Waals surface area contributed by atoms with Crippen LogP contribution in [0.25, 0.3) is 22.1 Å². The Labute approximate surface area is 181 Å². The fourth-order valence-corrected chi connectivity index (χ4v) is 3.21. The van der Waals surface area contributed by atoms with Gasteiger partial charge in [0.1, 0.15) is 11.6 Å². The van der Waals surface area contributed by atoms with Crippen molar-refractivity contribution in [2.75, 3.05) is 7.05 Å². The molecule has 0 N–H and O–H groups in total. The Bertz CT molecular complexity index is 991. The molecule has 0 spiro atoms. The second-order valence-corrected chi connectivity index (χ2v) is 12.8. The molecule has 9 heteroatoms. The topological polar surface area (TPSA) is 38.9 Å². The zero-order valence-electron chi connectivity index (χ0n) is 15.8. The maximum atomic E-state index is 4.93. The number of para-hydroxylation sites is 4. The van der Waals surface area contributed by atoms with E-state index >= 15 is 0 Å². The number of hydrogen-bond acceptors (Lipinski definition) is 3. The molecule has 2 aromatic heterocycles. The molecule has 4 rings (SSSR count).